The average molecular weight is 141 g/mol. The second-order valence-corrected chi connectivity index (χ2v) is 3.22. The Kier molecular flexibility index (Phi) is 1.97. The van der Waals surface area contributed by atoms with Gasteiger partial charge in [-0.15, -0.1) is 0 Å². The quantitative estimate of drug-likeness (QED) is 0.546. The van der Waals surface area contributed by atoms with E-state index in [0.717, 1.165) is 5.90 Å². The van der Waals surface area contributed by atoms with Crippen molar-refractivity contribution in [2.75, 3.05) is 0 Å². The minimum atomic E-state index is 0.306. The molecule has 0 amide bonds. The lowest BCUT2D eigenvalue weighted by Gasteiger charge is -2.17. The van der Waals surface area contributed by atoms with E-state index in [1.807, 2.05) is 6.92 Å². The molecule has 2 nitrogen and oxygen atoms in total. The van der Waals surface area contributed by atoms with Gasteiger partial charge in [-0.3, -0.25) is 0 Å². The Bertz CT molecular complexity index is 151. The third-order valence-electron chi connectivity index (χ3n) is 1.82. The van der Waals surface area contributed by atoms with Crippen LogP contribution in [-0.4, -0.2) is 18.0 Å². The van der Waals surface area contributed by atoms with Crippen LogP contribution in [-0.2, 0) is 4.74 Å². The molecule has 0 N–H and O–H groups in total. The lowest BCUT2D eigenvalue weighted by atomic mass is 10.0. The van der Waals surface area contributed by atoms with Crippen molar-refractivity contribution < 1.29 is 4.74 Å². The fourth-order valence-corrected chi connectivity index (χ4v) is 1.38. The summed E-state index contributed by atoms with van der Waals surface area (Å²) in [5.74, 6) is 1.40. The van der Waals surface area contributed by atoms with Crippen LogP contribution in [0.4, 0.5) is 0 Å². The van der Waals surface area contributed by atoms with Crippen molar-refractivity contribution in [3.63, 3.8) is 0 Å². The van der Waals surface area contributed by atoms with Crippen molar-refractivity contribution in [2.24, 2.45) is 10.9 Å². The predicted octanol–water partition coefficient (Wildman–Crippen LogP) is 1.85. The molecule has 2 heteroatoms. The minimum absolute atomic E-state index is 0.306. The molecule has 1 aliphatic heterocycles. The maximum atomic E-state index is 5.48. The molecule has 0 radical (unpaired) electrons. The zero-order chi connectivity index (χ0) is 7.72. The van der Waals surface area contributed by atoms with Crippen molar-refractivity contribution in [3.8, 4) is 0 Å². The Balaban J connectivity index is 2.55. The molecule has 0 aromatic rings. The molecular weight excluding hydrogens is 126 g/mol. The van der Waals surface area contributed by atoms with E-state index in [4.69, 9.17) is 4.74 Å². The van der Waals surface area contributed by atoms with Gasteiger partial charge < -0.3 is 4.74 Å². The number of hydrogen-bond acceptors (Lipinski definition) is 2. The molecule has 0 spiro atoms. The van der Waals surface area contributed by atoms with E-state index < -0.39 is 0 Å². The van der Waals surface area contributed by atoms with Crippen molar-refractivity contribution in [1.82, 2.24) is 0 Å². The average Bonchev–Trinajstić information content (AvgIpc) is 2.10. The van der Waals surface area contributed by atoms with Crippen LogP contribution in [0.15, 0.2) is 4.99 Å². The van der Waals surface area contributed by atoms with Gasteiger partial charge in [-0.25, -0.2) is 4.99 Å². The Morgan fingerprint density at radius 1 is 1.50 bits per heavy atom. The summed E-state index contributed by atoms with van der Waals surface area (Å²) < 4.78 is 5.48. The molecule has 2 unspecified atom stereocenters. The Hall–Kier alpha value is -0.530. The molecular formula is C8H15NO. The molecule has 0 saturated heterocycles. The van der Waals surface area contributed by atoms with Crippen molar-refractivity contribution in [2.45, 2.75) is 39.8 Å². The zero-order valence-electron chi connectivity index (χ0n) is 7.09. The third kappa shape index (κ3) is 1.31. The fourth-order valence-electron chi connectivity index (χ4n) is 1.38. The number of nitrogens with zero attached hydrogens (tertiary/aromatic N) is 1. The highest BCUT2D eigenvalue weighted by Crippen LogP contribution is 2.19. The first-order valence-electron chi connectivity index (χ1n) is 3.82. The van der Waals surface area contributed by atoms with E-state index in [1.165, 1.54) is 0 Å². The number of rotatable bonds is 1. The highest BCUT2D eigenvalue weighted by Gasteiger charge is 2.27. The van der Waals surface area contributed by atoms with E-state index in [9.17, 15) is 0 Å². The van der Waals surface area contributed by atoms with Gasteiger partial charge >= 0.3 is 0 Å². The monoisotopic (exact) mass is 141 g/mol. The van der Waals surface area contributed by atoms with Crippen LogP contribution in [0.5, 0.6) is 0 Å². The molecule has 2 atom stereocenters. The molecule has 0 bridgehead atoms. The summed E-state index contributed by atoms with van der Waals surface area (Å²) >= 11 is 0. The summed E-state index contributed by atoms with van der Waals surface area (Å²) in [4.78, 5) is 4.29. The smallest absolute Gasteiger partial charge is 0.180 e. The van der Waals surface area contributed by atoms with Gasteiger partial charge in [0.1, 0.15) is 6.10 Å². The largest absolute Gasteiger partial charge is 0.475 e. The first-order valence-corrected chi connectivity index (χ1v) is 3.82. The van der Waals surface area contributed by atoms with Crippen LogP contribution in [0.1, 0.15) is 27.7 Å². The summed E-state index contributed by atoms with van der Waals surface area (Å²) in [6, 6.07) is 0.347. The van der Waals surface area contributed by atoms with Gasteiger partial charge in [0, 0.05) is 6.92 Å². The lowest BCUT2D eigenvalue weighted by molar-refractivity contribution is 0.145. The lowest BCUT2D eigenvalue weighted by Crippen LogP contribution is -2.25. The zero-order valence-corrected chi connectivity index (χ0v) is 7.09. The van der Waals surface area contributed by atoms with E-state index >= 15 is 0 Å². The van der Waals surface area contributed by atoms with Gasteiger partial charge in [0.15, 0.2) is 5.90 Å². The molecule has 0 fully saturated rings. The standard InChI is InChI=1S/C8H15NO/c1-5(2)8-6(3)9-7(4)10-8/h5-6,8H,1-4H3. The molecule has 10 heavy (non-hydrogen) atoms. The first kappa shape index (κ1) is 7.58. The van der Waals surface area contributed by atoms with E-state index in [0.29, 0.717) is 18.1 Å². The molecule has 0 saturated carbocycles. The number of hydrogen-bond donors (Lipinski definition) is 0. The van der Waals surface area contributed by atoms with Gasteiger partial charge in [-0.2, -0.15) is 0 Å². The Morgan fingerprint density at radius 2 is 2.10 bits per heavy atom. The second-order valence-electron chi connectivity index (χ2n) is 3.22. The first-order chi connectivity index (χ1) is 4.61. The second kappa shape index (κ2) is 2.60. The highest BCUT2D eigenvalue weighted by atomic mass is 16.5. The summed E-state index contributed by atoms with van der Waals surface area (Å²) in [5, 5.41) is 0. The van der Waals surface area contributed by atoms with Gasteiger partial charge in [0.05, 0.1) is 6.04 Å². The molecule has 1 aliphatic rings. The van der Waals surface area contributed by atoms with Gasteiger partial charge in [0.25, 0.3) is 0 Å². The molecule has 58 valence electrons. The molecule has 1 rings (SSSR count). The third-order valence-corrected chi connectivity index (χ3v) is 1.82. The van der Waals surface area contributed by atoms with Crippen LogP contribution >= 0.6 is 0 Å². The normalized spacial score (nSPS) is 32.3. The number of aliphatic imine (C=N–C) groups is 1. The van der Waals surface area contributed by atoms with E-state index in [1.54, 1.807) is 0 Å². The fraction of sp³-hybridized carbons (Fsp3) is 0.875. The van der Waals surface area contributed by atoms with Gasteiger partial charge in [-0.05, 0) is 12.8 Å². The van der Waals surface area contributed by atoms with Crippen molar-refractivity contribution >= 4 is 5.90 Å². The molecule has 0 aromatic carbocycles. The SMILES string of the molecule is CC1=NC(C)C(C(C)C)O1. The maximum Gasteiger partial charge on any atom is 0.180 e. The summed E-state index contributed by atoms with van der Waals surface area (Å²) in [7, 11) is 0. The van der Waals surface area contributed by atoms with Gasteiger partial charge in [-0.1, -0.05) is 13.8 Å². The van der Waals surface area contributed by atoms with E-state index in [2.05, 4.69) is 25.8 Å². The molecule has 0 aliphatic carbocycles. The topological polar surface area (TPSA) is 21.6 Å². The molecule has 0 aromatic heterocycles. The highest BCUT2D eigenvalue weighted by molar-refractivity contribution is 5.75. The van der Waals surface area contributed by atoms with Crippen LogP contribution in [0.2, 0.25) is 0 Å². The summed E-state index contributed by atoms with van der Waals surface area (Å²) in [5.41, 5.74) is 0. The summed E-state index contributed by atoms with van der Waals surface area (Å²) in [6.07, 6.45) is 0.306. The van der Waals surface area contributed by atoms with Crippen molar-refractivity contribution in [3.05, 3.63) is 0 Å². The van der Waals surface area contributed by atoms with Crippen LogP contribution < -0.4 is 0 Å². The van der Waals surface area contributed by atoms with Crippen LogP contribution in [0.3, 0.4) is 0 Å². The van der Waals surface area contributed by atoms with Crippen molar-refractivity contribution in [1.29, 1.82) is 0 Å². The minimum Gasteiger partial charge on any atom is -0.475 e. The Morgan fingerprint density at radius 3 is 2.30 bits per heavy atom. The van der Waals surface area contributed by atoms with Crippen LogP contribution in [0, 0.1) is 5.92 Å². The van der Waals surface area contributed by atoms with Gasteiger partial charge in [0.2, 0.25) is 0 Å². The number of ether oxygens (including phenoxy) is 1. The van der Waals surface area contributed by atoms with E-state index in [-0.39, 0.29) is 0 Å². The predicted molar refractivity (Wildman–Crippen MR) is 42.3 cm³/mol. The molecule has 1 heterocycles. The Labute approximate surface area is 62.3 Å². The van der Waals surface area contributed by atoms with Crippen LogP contribution in [0.25, 0.3) is 0 Å². The maximum absolute atomic E-state index is 5.48. The summed E-state index contributed by atoms with van der Waals surface area (Å²) in [6.45, 7) is 8.34.